The number of hydrogen-bond acceptors (Lipinski definition) is 10. The number of hydrogen-bond donors (Lipinski definition) is 1. The van der Waals surface area contributed by atoms with E-state index >= 15 is 0 Å². The van der Waals surface area contributed by atoms with Crippen LogP contribution in [0.2, 0.25) is 0 Å². The van der Waals surface area contributed by atoms with Crippen LogP contribution in [0.4, 0.5) is 33.9 Å². The number of carbonyl (C=O) groups excluding carboxylic acids is 2. The van der Waals surface area contributed by atoms with Gasteiger partial charge in [-0.3, -0.25) is 4.79 Å². The Hall–Kier alpha value is -5.87. The van der Waals surface area contributed by atoms with E-state index in [0.29, 0.717) is 57.1 Å². The van der Waals surface area contributed by atoms with Crippen LogP contribution < -0.4 is 15.1 Å². The van der Waals surface area contributed by atoms with Crippen molar-refractivity contribution >= 4 is 51.0 Å². The molecule has 16 heteroatoms. The molecule has 2 aromatic heterocycles. The van der Waals surface area contributed by atoms with Crippen molar-refractivity contribution < 1.29 is 22.8 Å². The van der Waals surface area contributed by atoms with Gasteiger partial charge in [-0.1, -0.05) is 67.6 Å². The fourth-order valence-electron chi connectivity index (χ4n) is 7.23. The first-order chi connectivity index (χ1) is 29.1. The molecule has 312 valence electrons. The van der Waals surface area contributed by atoms with E-state index in [1.54, 1.807) is 41.3 Å². The third-order valence-corrected chi connectivity index (χ3v) is 12.1. The smallest absolute Gasteiger partial charge is 0.321 e. The Kier molecular flexibility index (Phi) is 14.0. The summed E-state index contributed by atoms with van der Waals surface area (Å²) >= 11 is 2.71. The standard InChI is InChI=1S/C24H27FN4OS.C20H19F2N5OS/c1-3-21(19-7-5-4-6-8-19)23(30)29-14-13-28(16-17(29)2)24-26-22(27-31-24)15-18-9-11-20(25)12-10-18;21-15-6-4-14(5-7-15)12-18-24-20(29-25-18)27-10-8-26(9-11-27)19(28)23-17-3-1-2-16(22)13-17/h4-12,17,21H,3,13-16H2,1-2H3;1-7,13H,8-12H2,(H,23,28). The lowest BCUT2D eigenvalue weighted by molar-refractivity contribution is -0.135. The molecule has 2 atom stereocenters. The van der Waals surface area contributed by atoms with Crippen LogP contribution in [-0.4, -0.2) is 92.3 Å². The number of anilines is 3. The fraction of sp³-hybridized carbons (Fsp3) is 0.318. The SMILES string of the molecule is CCC(C(=O)N1CCN(c2nc(Cc3ccc(F)cc3)ns2)CC1C)c1ccccc1.O=C(Nc1cccc(F)c1)N1CCN(c2nc(Cc3ccc(F)cc3)ns2)CC1. The highest BCUT2D eigenvalue weighted by atomic mass is 32.1. The highest BCUT2D eigenvalue weighted by molar-refractivity contribution is 7.10. The summed E-state index contributed by atoms with van der Waals surface area (Å²) in [6.45, 7) is 8.68. The highest BCUT2D eigenvalue weighted by Gasteiger charge is 2.33. The highest BCUT2D eigenvalue weighted by Crippen LogP contribution is 2.28. The Labute approximate surface area is 355 Å². The third-order valence-electron chi connectivity index (χ3n) is 10.5. The molecule has 2 saturated heterocycles. The molecule has 4 aromatic carbocycles. The van der Waals surface area contributed by atoms with Crippen LogP contribution in [0.5, 0.6) is 0 Å². The molecule has 4 heterocycles. The molecule has 2 fully saturated rings. The van der Waals surface area contributed by atoms with Crippen molar-refractivity contribution in [3.8, 4) is 0 Å². The molecule has 2 unspecified atom stereocenters. The molecule has 11 nitrogen and oxygen atoms in total. The molecular formula is C44H46F3N9O2S2. The van der Waals surface area contributed by atoms with Gasteiger partial charge in [-0.2, -0.15) is 8.75 Å². The van der Waals surface area contributed by atoms with E-state index in [1.165, 1.54) is 59.5 Å². The predicted octanol–water partition coefficient (Wildman–Crippen LogP) is 8.26. The van der Waals surface area contributed by atoms with Crippen molar-refractivity contribution in [3.63, 3.8) is 0 Å². The van der Waals surface area contributed by atoms with Gasteiger partial charge in [0.05, 0.1) is 5.92 Å². The normalized spacial score (nSPS) is 15.9. The largest absolute Gasteiger partial charge is 0.343 e. The Bertz CT molecular complexity index is 2320. The molecule has 2 aliphatic heterocycles. The zero-order valence-corrected chi connectivity index (χ0v) is 35.0. The monoisotopic (exact) mass is 853 g/mol. The van der Waals surface area contributed by atoms with E-state index in [2.05, 4.69) is 42.7 Å². The number of halogens is 3. The Morgan fingerprint density at radius 1 is 0.700 bits per heavy atom. The van der Waals surface area contributed by atoms with Gasteiger partial charge in [0.2, 0.25) is 16.2 Å². The van der Waals surface area contributed by atoms with Crippen molar-refractivity contribution in [2.75, 3.05) is 60.9 Å². The topological polar surface area (TPSA) is 111 Å². The van der Waals surface area contributed by atoms with E-state index < -0.39 is 0 Å². The van der Waals surface area contributed by atoms with Crippen LogP contribution >= 0.6 is 23.1 Å². The average Bonchev–Trinajstić information content (AvgIpc) is 3.94. The summed E-state index contributed by atoms with van der Waals surface area (Å²) in [4.78, 5) is 42.9. The first-order valence-electron chi connectivity index (χ1n) is 19.9. The number of rotatable bonds is 10. The molecule has 0 saturated carbocycles. The van der Waals surface area contributed by atoms with Gasteiger partial charge in [0.25, 0.3) is 0 Å². The van der Waals surface area contributed by atoms with Crippen molar-refractivity contribution in [3.05, 3.63) is 149 Å². The maximum Gasteiger partial charge on any atom is 0.321 e. The van der Waals surface area contributed by atoms with E-state index in [-0.39, 0.29) is 41.3 Å². The van der Waals surface area contributed by atoms with Gasteiger partial charge in [-0.05, 0) is 72.5 Å². The van der Waals surface area contributed by atoms with E-state index in [4.69, 9.17) is 4.98 Å². The molecule has 0 radical (unpaired) electrons. The van der Waals surface area contributed by atoms with Crippen LogP contribution in [0, 0.1) is 17.5 Å². The zero-order valence-electron chi connectivity index (χ0n) is 33.4. The molecule has 2 aliphatic rings. The number of urea groups is 1. The van der Waals surface area contributed by atoms with Gasteiger partial charge < -0.3 is 24.9 Å². The van der Waals surface area contributed by atoms with Gasteiger partial charge in [0.1, 0.15) is 29.1 Å². The van der Waals surface area contributed by atoms with Crippen molar-refractivity contribution in [2.45, 2.75) is 45.1 Å². The predicted molar refractivity (Wildman–Crippen MR) is 230 cm³/mol. The summed E-state index contributed by atoms with van der Waals surface area (Å²) in [5.74, 6) is 0.653. The minimum Gasteiger partial charge on any atom is -0.343 e. The quantitative estimate of drug-likeness (QED) is 0.147. The maximum atomic E-state index is 13.3. The number of nitrogens with one attached hydrogen (secondary N) is 1. The molecule has 0 bridgehead atoms. The van der Waals surface area contributed by atoms with Crippen molar-refractivity contribution in [2.24, 2.45) is 0 Å². The number of amides is 3. The number of carbonyl (C=O) groups is 2. The molecule has 8 rings (SSSR count). The molecule has 0 aliphatic carbocycles. The van der Waals surface area contributed by atoms with Crippen LogP contribution in [0.25, 0.3) is 0 Å². The van der Waals surface area contributed by atoms with E-state index in [0.717, 1.165) is 52.3 Å². The summed E-state index contributed by atoms with van der Waals surface area (Å²) in [6.07, 6.45) is 1.92. The minimum atomic E-state index is -0.389. The van der Waals surface area contributed by atoms with Gasteiger partial charge in [0, 0.05) is 93.4 Å². The van der Waals surface area contributed by atoms with Crippen molar-refractivity contribution in [1.82, 2.24) is 28.5 Å². The summed E-state index contributed by atoms with van der Waals surface area (Å²) in [6, 6.07) is 28.5. The van der Waals surface area contributed by atoms with Gasteiger partial charge in [-0.15, -0.1) is 0 Å². The van der Waals surface area contributed by atoms with Crippen molar-refractivity contribution in [1.29, 1.82) is 0 Å². The number of benzene rings is 4. The molecule has 0 spiro atoms. The van der Waals surface area contributed by atoms with Gasteiger partial charge in [0.15, 0.2) is 0 Å². The number of nitrogens with zero attached hydrogens (tertiary/aromatic N) is 8. The first-order valence-corrected chi connectivity index (χ1v) is 21.5. The summed E-state index contributed by atoms with van der Waals surface area (Å²) in [7, 11) is 0. The second kappa shape index (κ2) is 19.9. The summed E-state index contributed by atoms with van der Waals surface area (Å²) < 4.78 is 48.3. The van der Waals surface area contributed by atoms with Crippen LogP contribution in [0.1, 0.15) is 54.5 Å². The third kappa shape index (κ3) is 11.0. The molecular weight excluding hydrogens is 808 g/mol. The second-order valence-electron chi connectivity index (χ2n) is 14.7. The van der Waals surface area contributed by atoms with E-state index in [9.17, 15) is 22.8 Å². The lowest BCUT2D eigenvalue weighted by Crippen LogP contribution is -2.55. The Morgan fingerprint density at radius 2 is 1.27 bits per heavy atom. The lowest BCUT2D eigenvalue weighted by Gasteiger charge is -2.41. The number of aromatic nitrogens is 4. The molecule has 60 heavy (non-hydrogen) atoms. The van der Waals surface area contributed by atoms with Crippen LogP contribution in [0.15, 0.2) is 103 Å². The van der Waals surface area contributed by atoms with Gasteiger partial charge >= 0.3 is 6.03 Å². The van der Waals surface area contributed by atoms with Gasteiger partial charge in [-0.25, -0.2) is 27.9 Å². The maximum absolute atomic E-state index is 13.3. The molecule has 1 N–H and O–H groups in total. The molecule has 3 amide bonds. The summed E-state index contributed by atoms with van der Waals surface area (Å²) in [5.41, 5.74) is 3.46. The fourth-order valence-corrected chi connectivity index (χ4v) is 8.68. The number of piperazine rings is 2. The molecule has 6 aromatic rings. The van der Waals surface area contributed by atoms with Crippen LogP contribution in [0.3, 0.4) is 0 Å². The lowest BCUT2D eigenvalue weighted by atomic mass is 9.94. The Balaban J connectivity index is 0.000000182. The van der Waals surface area contributed by atoms with E-state index in [1.807, 2.05) is 35.2 Å². The first kappa shape index (κ1) is 42.3. The summed E-state index contributed by atoms with van der Waals surface area (Å²) in [5, 5.41) is 4.41. The second-order valence-corrected chi connectivity index (χ2v) is 16.2. The zero-order chi connectivity index (χ0) is 42.0. The minimum absolute atomic E-state index is 0.0981. The Morgan fingerprint density at radius 3 is 1.82 bits per heavy atom. The van der Waals surface area contributed by atoms with Crippen LogP contribution in [-0.2, 0) is 17.6 Å². The average molecular weight is 854 g/mol.